The van der Waals surface area contributed by atoms with E-state index in [9.17, 15) is 18.0 Å². The average molecular weight is 300 g/mol. The van der Waals surface area contributed by atoms with Gasteiger partial charge >= 0.3 is 12.1 Å². The Labute approximate surface area is 119 Å². The fourth-order valence-corrected chi connectivity index (χ4v) is 2.10. The molecule has 1 aromatic carbocycles. The van der Waals surface area contributed by atoms with Crippen molar-refractivity contribution >= 4 is 17.0 Å². The van der Waals surface area contributed by atoms with Crippen LogP contribution in [0.15, 0.2) is 18.2 Å². The Kier molecular flexibility index (Phi) is 3.93. The molecular formula is C14H15F3N2O2. The summed E-state index contributed by atoms with van der Waals surface area (Å²) in [5, 5.41) is 8.98. The molecule has 0 amide bonds. The lowest BCUT2D eigenvalue weighted by Crippen LogP contribution is -2.18. The third-order valence-corrected chi connectivity index (χ3v) is 3.44. The number of fused-ring (bicyclic) bond motifs is 1. The summed E-state index contributed by atoms with van der Waals surface area (Å²) in [7, 11) is 0. The van der Waals surface area contributed by atoms with Gasteiger partial charge in [-0.3, -0.25) is 0 Å². The smallest absolute Gasteiger partial charge is 0.449 e. The van der Waals surface area contributed by atoms with E-state index in [0.717, 1.165) is 11.0 Å². The molecule has 114 valence electrons. The maximum absolute atomic E-state index is 13.1. The summed E-state index contributed by atoms with van der Waals surface area (Å²) in [6.07, 6.45) is -3.86. The zero-order valence-corrected chi connectivity index (χ0v) is 11.6. The van der Waals surface area contributed by atoms with Gasteiger partial charge in [0.25, 0.3) is 0 Å². The van der Waals surface area contributed by atoms with Crippen LogP contribution in [0.2, 0.25) is 0 Å². The highest BCUT2D eigenvalue weighted by atomic mass is 19.4. The lowest BCUT2D eigenvalue weighted by Gasteiger charge is -2.15. The summed E-state index contributed by atoms with van der Waals surface area (Å²) in [5.41, 5.74) is 0.291. The number of carbonyl (C=O) groups is 1. The predicted octanol–water partition coefficient (Wildman–Crippen LogP) is 3.80. The fraction of sp³-hybridized carbons (Fsp3) is 0.429. The van der Waals surface area contributed by atoms with E-state index in [2.05, 4.69) is 4.98 Å². The number of carboxylic acids is 1. The van der Waals surface area contributed by atoms with E-state index >= 15 is 0 Å². The van der Waals surface area contributed by atoms with Crippen molar-refractivity contribution in [3.63, 3.8) is 0 Å². The first-order valence-electron chi connectivity index (χ1n) is 6.54. The van der Waals surface area contributed by atoms with Gasteiger partial charge in [-0.25, -0.2) is 9.78 Å². The quantitative estimate of drug-likeness (QED) is 0.934. The van der Waals surface area contributed by atoms with E-state index in [1.54, 1.807) is 0 Å². The second-order valence-electron chi connectivity index (χ2n) is 5.07. The van der Waals surface area contributed by atoms with Crippen LogP contribution < -0.4 is 0 Å². The molecule has 1 atom stereocenters. The molecule has 0 aliphatic carbocycles. The zero-order chi connectivity index (χ0) is 15.8. The highest BCUT2D eigenvalue weighted by Gasteiger charge is 2.37. The van der Waals surface area contributed by atoms with Gasteiger partial charge in [-0.1, -0.05) is 20.3 Å². The van der Waals surface area contributed by atoms with Gasteiger partial charge in [-0.15, -0.1) is 0 Å². The zero-order valence-electron chi connectivity index (χ0n) is 11.6. The molecule has 1 unspecified atom stereocenters. The molecule has 21 heavy (non-hydrogen) atoms. The molecule has 0 spiro atoms. The Hall–Kier alpha value is -2.05. The minimum Gasteiger partial charge on any atom is -0.478 e. The number of rotatable bonds is 4. The molecular weight excluding hydrogens is 285 g/mol. The van der Waals surface area contributed by atoms with Gasteiger partial charge in [0, 0.05) is 6.54 Å². The molecule has 0 bridgehead atoms. The van der Waals surface area contributed by atoms with Gasteiger partial charge in [0.05, 0.1) is 16.6 Å². The molecule has 0 fully saturated rings. The fourth-order valence-electron chi connectivity index (χ4n) is 2.10. The maximum Gasteiger partial charge on any atom is 0.449 e. The minimum absolute atomic E-state index is 0.0250. The second kappa shape index (κ2) is 5.38. The molecule has 4 nitrogen and oxygen atoms in total. The first-order chi connectivity index (χ1) is 9.74. The van der Waals surface area contributed by atoms with Crippen molar-refractivity contribution in [1.29, 1.82) is 0 Å². The van der Waals surface area contributed by atoms with Gasteiger partial charge in [0.2, 0.25) is 5.82 Å². The number of benzene rings is 1. The minimum atomic E-state index is -4.57. The number of hydrogen-bond donors (Lipinski definition) is 1. The number of hydrogen-bond acceptors (Lipinski definition) is 2. The summed E-state index contributed by atoms with van der Waals surface area (Å²) in [6, 6.07) is 3.80. The Morgan fingerprint density at radius 2 is 2.10 bits per heavy atom. The van der Waals surface area contributed by atoms with Crippen LogP contribution in [0.1, 0.15) is 36.5 Å². The average Bonchev–Trinajstić information content (AvgIpc) is 2.76. The van der Waals surface area contributed by atoms with Gasteiger partial charge < -0.3 is 9.67 Å². The number of aromatic carboxylic acids is 1. The number of alkyl halides is 3. The van der Waals surface area contributed by atoms with E-state index in [1.807, 2.05) is 13.8 Å². The van der Waals surface area contributed by atoms with Crippen LogP contribution in [0.4, 0.5) is 13.2 Å². The molecule has 1 heterocycles. The molecule has 0 aliphatic rings. The Balaban J connectivity index is 2.67. The lowest BCUT2D eigenvalue weighted by atomic mass is 10.1. The first kappa shape index (κ1) is 15.3. The van der Waals surface area contributed by atoms with Gasteiger partial charge in [-0.05, 0) is 24.1 Å². The molecule has 7 heteroatoms. The molecule has 0 saturated heterocycles. The van der Waals surface area contributed by atoms with Gasteiger partial charge in [-0.2, -0.15) is 13.2 Å². The van der Waals surface area contributed by atoms with E-state index in [1.165, 1.54) is 18.2 Å². The molecule has 0 saturated carbocycles. The second-order valence-corrected chi connectivity index (χ2v) is 5.07. The maximum atomic E-state index is 13.1. The third kappa shape index (κ3) is 3.01. The lowest BCUT2D eigenvalue weighted by molar-refractivity contribution is -0.147. The third-order valence-electron chi connectivity index (χ3n) is 3.44. The topological polar surface area (TPSA) is 55.1 Å². The van der Waals surface area contributed by atoms with Crippen LogP contribution in [-0.4, -0.2) is 20.6 Å². The van der Waals surface area contributed by atoms with Crippen molar-refractivity contribution in [1.82, 2.24) is 9.55 Å². The van der Waals surface area contributed by atoms with Crippen LogP contribution in [0.3, 0.4) is 0 Å². The molecule has 1 aromatic heterocycles. The predicted molar refractivity (Wildman–Crippen MR) is 71.1 cm³/mol. The van der Waals surface area contributed by atoms with Crippen molar-refractivity contribution in [3.8, 4) is 0 Å². The summed E-state index contributed by atoms with van der Waals surface area (Å²) in [5.74, 6) is -2.14. The van der Waals surface area contributed by atoms with Crippen molar-refractivity contribution in [3.05, 3.63) is 29.6 Å². The van der Waals surface area contributed by atoms with Crippen LogP contribution in [0.25, 0.3) is 11.0 Å². The largest absolute Gasteiger partial charge is 0.478 e. The van der Waals surface area contributed by atoms with Crippen molar-refractivity contribution < 1.29 is 23.1 Å². The van der Waals surface area contributed by atoms with Crippen LogP contribution in [0.5, 0.6) is 0 Å². The monoisotopic (exact) mass is 300 g/mol. The van der Waals surface area contributed by atoms with E-state index in [-0.39, 0.29) is 29.1 Å². The van der Waals surface area contributed by atoms with Gasteiger partial charge in [0.1, 0.15) is 0 Å². The summed E-state index contributed by atoms with van der Waals surface area (Å²) in [6.45, 7) is 3.87. The molecule has 0 aliphatic heterocycles. The molecule has 2 rings (SSSR count). The normalized spacial score (nSPS) is 13.6. The number of carboxylic acid groups (broad SMARTS) is 1. The molecule has 2 aromatic rings. The van der Waals surface area contributed by atoms with E-state index in [0.29, 0.717) is 0 Å². The van der Waals surface area contributed by atoms with Crippen LogP contribution in [0, 0.1) is 5.92 Å². The number of imidazole rings is 1. The SMILES string of the molecule is CCC(C)Cn1c(C(F)(F)F)nc2ccc(C(=O)O)cc21. The van der Waals surface area contributed by atoms with Crippen LogP contribution in [-0.2, 0) is 12.7 Å². The van der Waals surface area contributed by atoms with Crippen molar-refractivity contribution in [2.45, 2.75) is 33.0 Å². The molecule has 1 N–H and O–H groups in total. The molecule has 0 radical (unpaired) electrons. The highest BCUT2D eigenvalue weighted by Crippen LogP contribution is 2.32. The summed E-state index contributed by atoms with van der Waals surface area (Å²) < 4.78 is 40.4. The van der Waals surface area contributed by atoms with Crippen molar-refractivity contribution in [2.75, 3.05) is 0 Å². The number of aromatic nitrogens is 2. The standard InChI is InChI=1S/C14H15F3N2O2/c1-3-8(2)7-19-11-6-9(12(20)21)4-5-10(11)18-13(19)14(15,16)17/h4-6,8H,3,7H2,1-2H3,(H,20,21). The first-order valence-corrected chi connectivity index (χ1v) is 6.54. The van der Waals surface area contributed by atoms with E-state index in [4.69, 9.17) is 5.11 Å². The number of nitrogens with zero attached hydrogens (tertiary/aromatic N) is 2. The van der Waals surface area contributed by atoms with Gasteiger partial charge in [0.15, 0.2) is 0 Å². The van der Waals surface area contributed by atoms with Crippen LogP contribution >= 0.6 is 0 Å². The highest BCUT2D eigenvalue weighted by molar-refractivity contribution is 5.92. The van der Waals surface area contributed by atoms with Crippen molar-refractivity contribution in [2.24, 2.45) is 5.92 Å². The Morgan fingerprint density at radius 1 is 1.43 bits per heavy atom. The van der Waals surface area contributed by atoms with E-state index < -0.39 is 18.0 Å². The Morgan fingerprint density at radius 3 is 2.62 bits per heavy atom. The number of halogens is 3. The Bertz CT molecular complexity index is 677. The summed E-state index contributed by atoms with van der Waals surface area (Å²) in [4.78, 5) is 14.6. The summed E-state index contributed by atoms with van der Waals surface area (Å²) >= 11 is 0.